The van der Waals surface area contributed by atoms with Crippen LogP contribution in [0.25, 0.3) is 0 Å². The number of methoxy groups -OCH3 is 1. The number of carbonyl (C=O) groups is 1. The SMILES string of the molecule is COc1nn(C)cc1C(=O)N1CCC(COc2ncc(Br)cn2)CC1. The van der Waals surface area contributed by atoms with E-state index >= 15 is 0 Å². The van der Waals surface area contributed by atoms with Gasteiger partial charge in [-0.2, -0.15) is 0 Å². The normalized spacial score (nSPS) is 15.2. The Hall–Kier alpha value is -2.16. The number of aromatic nitrogens is 4. The first-order valence-electron chi connectivity index (χ1n) is 8.04. The second kappa shape index (κ2) is 7.81. The molecule has 8 nitrogen and oxygen atoms in total. The van der Waals surface area contributed by atoms with Gasteiger partial charge in [0.2, 0.25) is 5.88 Å². The lowest BCUT2D eigenvalue weighted by atomic mass is 9.97. The zero-order valence-electron chi connectivity index (χ0n) is 14.2. The van der Waals surface area contributed by atoms with E-state index in [-0.39, 0.29) is 5.91 Å². The van der Waals surface area contributed by atoms with Gasteiger partial charge in [-0.1, -0.05) is 0 Å². The molecule has 1 aliphatic heterocycles. The van der Waals surface area contributed by atoms with Crippen LogP contribution in [0, 0.1) is 5.92 Å². The largest absolute Gasteiger partial charge is 0.479 e. The quantitative estimate of drug-likeness (QED) is 0.749. The molecule has 0 aromatic carbocycles. The molecule has 3 heterocycles. The molecule has 3 rings (SSSR count). The number of hydrogen-bond donors (Lipinski definition) is 0. The molecule has 2 aromatic rings. The van der Waals surface area contributed by atoms with Gasteiger partial charge in [0.15, 0.2) is 0 Å². The molecule has 1 amide bonds. The Kier molecular flexibility index (Phi) is 5.52. The van der Waals surface area contributed by atoms with Crippen molar-refractivity contribution in [3.8, 4) is 11.9 Å². The fourth-order valence-corrected chi connectivity index (χ4v) is 3.01. The molecule has 0 N–H and O–H groups in total. The van der Waals surface area contributed by atoms with Gasteiger partial charge in [-0.3, -0.25) is 9.48 Å². The van der Waals surface area contributed by atoms with Gasteiger partial charge in [0.25, 0.3) is 5.91 Å². The Balaban J connectivity index is 1.51. The molecule has 25 heavy (non-hydrogen) atoms. The number of piperidine rings is 1. The minimum absolute atomic E-state index is 0.0411. The smallest absolute Gasteiger partial charge is 0.316 e. The molecule has 1 fully saturated rings. The first-order valence-corrected chi connectivity index (χ1v) is 8.83. The highest BCUT2D eigenvalue weighted by molar-refractivity contribution is 9.10. The van der Waals surface area contributed by atoms with Crippen LogP contribution in [0.4, 0.5) is 0 Å². The summed E-state index contributed by atoms with van der Waals surface area (Å²) in [5.74, 6) is 0.706. The molecular formula is C16H20BrN5O3. The predicted octanol–water partition coefficient (Wildman–Crippen LogP) is 1.91. The fourth-order valence-electron chi connectivity index (χ4n) is 2.81. The van der Waals surface area contributed by atoms with Crippen molar-refractivity contribution < 1.29 is 14.3 Å². The summed E-state index contributed by atoms with van der Waals surface area (Å²) in [6.45, 7) is 1.93. The van der Waals surface area contributed by atoms with Gasteiger partial charge in [-0.05, 0) is 34.7 Å². The monoisotopic (exact) mass is 409 g/mol. The minimum Gasteiger partial charge on any atom is -0.479 e. The van der Waals surface area contributed by atoms with E-state index < -0.39 is 0 Å². The van der Waals surface area contributed by atoms with Gasteiger partial charge in [0, 0.05) is 38.7 Å². The number of aryl methyl sites for hydroxylation is 1. The minimum atomic E-state index is -0.0411. The standard InChI is InChI=1S/C16H20BrN5O3/c1-21-9-13(14(20-21)24-2)15(23)22-5-3-11(4-6-22)10-25-16-18-7-12(17)8-19-16/h7-9,11H,3-6,10H2,1-2H3. The van der Waals surface area contributed by atoms with E-state index in [0.29, 0.717) is 43.1 Å². The second-order valence-corrected chi connectivity index (χ2v) is 6.87. The fraction of sp³-hybridized carbons (Fsp3) is 0.500. The maximum atomic E-state index is 12.6. The molecular weight excluding hydrogens is 390 g/mol. The third-order valence-electron chi connectivity index (χ3n) is 4.17. The Labute approximate surface area is 154 Å². The van der Waals surface area contributed by atoms with Crippen LogP contribution >= 0.6 is 15.9 Å². The predicted molar refractivity (Wildman–Crippen MR) is 93.6 cm³/mol. The molecule has 0 radical (unpaired) electrons. The summed E-state index contributed by atoms with van der Waals surface area (Å²) in [5.41, 5.74) is 0.503. The van der Waals surface area contributed by atoms with E-state index in [0.717, 1.165) is 17.3 Å². The van der Waals surface area contributed by atoms with Gasteiger partial charge < -0.3 is 14.4 Å². The van der Waals surface area contributed by atoms with Gasteiger partial charge >= 0.3 is 6.01 Å². The van der Waals surface area contributed by atoms with Crippen LogP contribution in [0.5, 0.6) is 11.9 Å². The van der Waals surface area contributed by atoms with Crippen molar-refractivity contribution in [2.45, 2.75) is 12.8 Å². The van der Waals surface area contributed by atoms with Crippen LogP contribution in [0.3, 0.4) is 0 Å². The Bertz CT molecular complexity index is 726. The maximum Gasteiger partial charge on any atom is 0.316 e. The second-order valence-electron chi connectivity index (χ2n) is 5.96. The van der Waals surface area contributed by atoms with Crippen molar-refractivity contribution in [1.29, 1.82) is 0 Å². The van der Waals surface area contributed by atoms with E-state index in [2.05, 4.69) is 31.0 Å². The molecule has 2 aromatic heterocycles. The summed E-state index contributed by atoms with van der Waals surface area (Å²) in [6, 6.07) is 0.377. The van der Waals surface area contributed by atoms with Gasteiger partial charge in [0.1, 0.15) is 5.56 Å². The van der Waals surface area contributed by atoms with Gasteiger partial charge in [-0.15, -0.1) is 5.10 Å². The van der Waals surface area contributed by atoms with Crippen molar-refractivity contribution in [2.75, 3.05) is 26.8 Å². The Morgan fingerprint density at radius 1 is 1.32 bits per heavy atom. The van der Waals surface area contributed by atoms with Gasteiger partial charge in [-0.25, -0.2) is 9.97 Å². The van der Waals surface area contributed by atoms with Crippen molar-refractivity contribution in [1.82, 2.24) is 24.6 Å². The number of hydrogen-bond acceptors (Lipinski definition) is 6. The highest BCUT2D eigenvalue weighted by atomic mass is 79.9. The van der Waals surface area contributed by atoms with Gasteiger partial charge in [0.05, 0.1) is 18.2 Å². The topological polar surface area (TPSA) is 82.4 Å². The zero-order valence-corrected chi connectivity index (χ0v) is 15.8. The average molecular weight is 410 g/mol. The molecule has 1 aliphatic rings. The number of rotatable bonds is 5. The summed E-state index contributed by atoms with van der Waals surface area (Å²) in [5, 5.41) is 4.14. The Morgan fingerprint density at radius 3 is 2.64 bits per heavy atom. The Morgan fingerprint density at radius 2 is 2.00 bits per heavy atom. The molecule has 0 bridgehead atoms. The van der Waals surface area contributed by atoms with E-state index in [1.54, 1.807) is 30.3 Å². The highest BCUT2D eigenvalue weighted by Crippen LogP contribution is 2.23. The molecule has 1 saturated heterocycles. The zero-order chi connectivity index (χ0) is 17.8. The van der Waals surface area contributed by atoms with Crippen molar-refractivity contribution in [3.63, 3.8) is 0 Å². The molecule has 0 spiro atoms. The third-order valence-corrected chi connectivity index (χ3v) is 4.57. The molecule has 0 unspecified atom stereocenters. The summed E-state index contributed by atoms with van der Waals surface area (Å²) < 4.78 is 13.2. The molecule has 0 aliphatic carbocycles. The lowest BCUT2D eigenvalue weighted by Gasteiger charge is -2.31. The van der Waals surface area contributed by atoms with Crippen LogP contribution in [-0.2, 0) is 7.05 Å². The number of likely N-dealkylation sites (tertiary alicyclic amines) is 1. The lowest BCUT2D eigenvalue weighted by molar-refractivity contribution is 0.0654. The van der Waals surface area contributed by atoms with E-state index in [1.807, 2.05) is 4.90 Å². The highest BCUT2D eigenvalue weighted by Gasteiger charge is 2.27. The van der Waals surface area contributed by atoms with Crippen molar-refractivity contribution >= 4 is 21.8 Å². The molecule has 9 heteroatoms. The van der Waals surface area contributed by atoms with Crippen molar-refractivity contribution in [3.05, 3.63) is 28.6 Å². The number of halogens is 1. The number of nitrogens with zero attached hydrogens (tertiary/aromatic N) is 5. The van der Waals surface area contributed by atoms with Crippen LogP contribution in [-0.4, -0.2) is 57.4 Å². The van der Waals surface area contributed by atoms with Crippen molar-refractivity contribution in [2.24, 2.45) is 13.0 Å². The summed E-state index contributed by atoms with van der Waals surface area (Å²) in [4.78, 5) is 22.7. The number of amides is 1. The van der Waals surface area contributed by atoms with E-state index in [4.69, 9.17) is 9.47 Å². The van der Waals surface area contributed by atoms with Crippen LogP contribution in [0.1, 0.15) is 23.2 Å². The molecule has 134 valence electrons. The lowest BCUT2D eigenvalue weighted by Crippen LogP contribution is -2.39. The summed E-state index contributed by atoms with van der Waals surface area (Å²) >= 11 is 3.29. The summed E-state index contributed by atoms with van der Waals surface area (Å²) in [7, 11) is 3.29. The first kappa shape index (κ1) is 17.7. The maximum absolute atomic E-state index is 12.6. The summed E-state index contributed by atoms with van der Waals surface area (Å²) in [6.07, 6.45) is 6.77. The number of ether oxygens (including phenoxy) is 2. The molecule has 0 saturated carbocycles. The van der Waals surface area contributed by atoms with E-state index in [9.17, 15) is 4.79 Å². The number of carbonyl (C=O) groups excluding carboxylic acids is 1. The van der Waals surface area contributed by atoms with Crippen LogP contribution in [0.2, 0.25) is 0 Å². The van der Waals surface area contributed by atoms with E-state index in [1.165, 1.54) is 7.11 Å². The average Bonchev–Trinajstić information content (AvgIpc) is 3.02. The molecule has 0 atom stereocenters. The van der Waals surface area contributed by atoms with Crippen LogP contribution in [0.15, 0.2) is 23.1 Å². The first-order chi connectivity index (χ1) is 12.1. The van der Waals surface area contributed by atoms with Crippen LogP contribution < -0.4 is 9.47 Å². The third kappa shape index (κ3) is 4.28.